The van der Waals surface area contributed by atoms with E-state index in [-0.39, 0.29) is 0 Å². The monoisotopic (exact) mass is 235 g/mol. The van der Waals surface area contributed by atoms with Crippen LogP contribution in [0.2, 0.25) is 0 Å². The number of ether oxygens (including phenoxy) is 1. The fourth-order valence-electron chi connectivity index (χ4n) is 2.05. The third kappa shape index (κ3) is 3.60. The van der Waals surface area contributed by atoms with E-state index in [1.165, 1.54) is 25.9 Å². The average Bonchev–Trinajstić information content (AvgIpc) is 2.39. The highest BCUT2D eigenvalue weighted by Gasteiger charge is 2.17. The number of hydrogen-bond donors (Lipinski definition) is 1. The molecule has 2 rings (SSSR count). The zero-order valence-corrected chi connectivity index (χ0v) is 10.6. The maximum Gasteiger partial charge on any atom is 0.213 e. The minimum Gasteiger partial charge on any atom is -0.477 e. The first-order valence-corrected chi connectivity index (χ1v) is 6.23. The second kappa shape index (κ2) is 5.87. The number of pyridine rings is 1. The SMILES string of the molecule is CNc1ccc(OCC2CCN(C)CC2)nc1. The molecule has 0 bridgehead atoms. The van der Waals surface area contributed by atoms with E-state index >= 15 is 0 Å². The fourth-order valence-corrected chi connectivity index (χ4v) is 2.05. The molecule has 0 unspecified atom stereocenters. The molecule has 0 aliphatic carbocycles. The number of anilines is 1. The third-order valence-corrected chi connectivity index (χ3v) is 3.33. The molecule has 1 aromatic rings. The molecule has 94 valence electrons. The van der Waals surface area contributed by atoms with Gasteiger partial charge in [-0.25, -0.2) is 4.98 Å². The van der Waals surface area contributed by atoms with Crippen LogP contribution in [0.4, 0.5) is 5.69 Å². The van der Waals surface area contributed by atoms with Crippen molar-refractivity contribution in [2.24, 2.45) is 5.92 Å². The van der Waals surface area contributed by atoms with Crippen molar-refractivity contribution in [2.75, 3.05) is 39.1 Å². The van der Waals surface area contributed by atoms with E-state index in [1.54, 1.807) is 6.20 Å². The Balaban J connectivity index is 1.77. The lowest BCUT2D eigenvalue weighted by molar-refractivity contribution is 0.157. The van der Waals surface area contributed by atoms with Gasteiger partial charge in [0.05, 0.1) is 18.5 Å². The first-order valence-electron chi connectivity index (χ1n) is 6.23. The lowest BCUT2D eigenvalue weighted by atomic mass is 9.98. The predicted molar refractivity (Wildman–Crippen MR) is 69.5 cm³/mol. The van der Waals surface area contributed by atoms with Crippen molar-refractivity contribution >= 4 is 5.69 Å². The van der Waals surface area contributed by atoms with Crippen molar-refractivity contribution in [3.63, 3.8) is 0 Å². The summed E-state index contributed by atoms with van der Waals surface area (Å²) in [5.41, 5.74) is 1.01. The van der Waals surface area contributed by atoms with E-state index in [1.807, 2.05) is 19.2 Å². The van der Waals surface area contributed by atoms with Crippen molar-refractivity contribution in [1.82, 2.24) is 9.88 Å². The smallest absolute Gasteiger partial charge is 0.213 e. The highest BCUT2D eigenvalue weighted by molar-refractivity contribution is 5.40. The maximum atomic E-state index is 5.72. The van der Waals surface area contributed by atoms with Gasteiger partial charge in [-0.3, -0.25) is 0 Å². The van der Waals surface area contributed by atoms with Crippen LogP contribution in [0.15, 0.2) is 18.3 Å². The molecule has 0 saturated carbocycles. The van der Waals surface area contributed by atoms with Crippen LogP contribution in [0.3, 0.4) is 0 Å². The Bertz CT molecular complexity index is 331. The fraction of sp³-hybridized carbons (Fsp3) is 0.615. The summed E-state index contributed by atoms with van der Waals surface area (Å²) < 4.78 is 5.72. The molecule has 1 saturated heterocycles. The second-order valence-corrected chi connectivity index (χ2v) is 4.69. The van der Waals surface area contributed by atoms with Gasteiger partial charge in [0.25, 0.3) is 0 Å². The van der Waals surface area contributed by atoms with Gasteiger partial charge >= 0.3 is 0 Å². The van der Waals surface area contributed by atoms with Gasteiger partial charge in [-0.2, -0.15) is 0 Å². The summed E-state index contributed by atoms with van der Waals surface area (Å²) in [4.78, 5) is 6.63. The van der Waals surface area contributed by atoms with Gasteiger partial charge in [0.1, 0.15) is 0 Å². The zero-order valence-electron chi connectivity index (χ0n) is 10.6. The minimum atomic E-state index is 0.678. The number of aromatic nitrogens is 1. The van der Waals surface area contributed by atoms with Crippen LogP contribution in [-0.4, -0.2) is 43.7 Å². The summed E-state index contributed by atoms with van der Waals surface area (Å²) in [7, 11) is 4.06. The van der Waals surface area contributed by atoms with E-state index in [0.29, 0.717) is 5.92 Å². The quantitative estimate of drug-likeness (QED) is 0.864. The highest BCUT2D eigenvalue weighted by atomic mass is 16.5. The second-order valence-electron chi connectivity index (χ2n) is 4.69. The molecule has 4 heteroatoms. The zero-order chi connectivity index (χ0) is 12.1. The number of nitrogens with zero attached hydrogens (tertiary/aromatic N) is 2. The summed E-state index contributed by atoms with van der Waals surface area (Å²) in [5.74, 6) is 1.40. The number of hydrogen-bond acceptors (Lipinski definition) is 4. The van der Waals surface area contributed by atoms with Gasteiger partial charge in [0.15, 0.2) is 0 Å². The van der Waals surface area contributed by atoms with E-state index < -0.39 is 0 Å². The molecule has 1 aliphatic heterocycles. The predicted octanol–water partition coefficient (Wildman–Crippen LogP) is 1.84. The molecule has 17 heavy (non-hydrogen) atoms. The normalized spacial score (nSPS) is 18.0. The largest absolute Gasteiger partial charge is 0.477 e. The Morgan fingerprint density at radius 3 is 2.76 bits per heavy atom. The Morgan fingerprint density at radius 1 is 1.41 bits per heavy atom. The molecule has 0 amide bonds. The Labute approximate surface area is 103 Å². The molecule has 2 heterocycles. The summed E-state index contributed by atoms with van der Waals surface area (Å²) >= 11 is 0. The topological polar surface area (TPSA) is 37.4 Å². The molecular formula is C13H21N3O. The van der Waals surface area contributed by atoms with Crippen molar-refractivity contribution in [3.05, 3.63) is 18.3 Å². The Hall–Kier alpha value is -1.29. The first kappa shape index (κ1) is 12.2. The van der Waals surface area contributed by atoms with E-state index in [9.17, 15) is 0 Å². The number of rotatable bonds is 4. The van der Waals surface area contributed by atoms with Crippen molar-refractivity contribution in [1.29, 1.82) is 0 Å². The highest BCUT2D eigenvalue weighted by Crippen LogP contribution is 2.18. The molecule has 1 aromatic heterocycles. The lowest BCUT2D eigenvalue weighted by Gasteiger charge is -2.28. The molecule has 0 atom stereocenters. The molecule has 0 spiro atoms. The van der Waals surface area contributed by atoms with Gasteiger partial charge in [-0.15, -0.1) is 0 Å². The summed E-state index contributed by atoms with van der Waals surface area (Å²) in [6, 6.07) is 3.90. The number of likely N-dealkylation sites (tertiary alicyclic amines) is 1. The molecule has 4 nitrogen and oxygen atoms in total. The first-order chi connectivity index (χ1) is 8.28. The van der Waals surface area contributed by atoms with Crippen molar-refractivity contribution < 1.29 is 4.74 Å². The van der Waals surface area contributed by atoms with Crippen LogP contribution in [0.5, 0.6) is 5.88 Å². The van der Waals surface area contributed by atoms with E-state index in [2.05, 4.69) is 22.2 Å². The van der Waals surface area contributed by atoms with Crippen LogP contribution < -0.4 is 10.1 Å². The summed E-state index contributed by atoms with van der Waals surface area (Å²) in [6.07, 6.45) is 4.25. The Morgan fingerprint density at radius 2 is 2.18 bits per heavy atom. The third-order valence-electron chi connectivity index (χ3n) is 3.33. The maximum absolute atomic E-state index is 5.72. The van der Waals surface area contributed by atoms with Crippen LogP contribution in [0.25, 0.3) is 0 Å². The Kier molecular flexibility index (Phi) is 4.20. The van der Waals surface area contributed by atoms with Crippen molar-refractivity contribution in [2.45, 2.75) is 12.8 Å². The van der Waals surface area contributed by atoms with E-state index in [4.69, 9.17) is 4.74 Å². The molecule has 1 aliphatic rings. The average molecular weight is 235 g/mol. The van der Waals surface area contributed by atoms with Gasteiger partial charge in [0.2, 0.25) is 5.88 Å². The lowest BCUT2D eigenvalue weighted by Crippen LogP contribution is -2.32. The van der Waals surface area contributed by atoms with E-state index in [0.717, 1.165) is 18.2 Å². The number of nitrogens with one attached hydrogen (secondary N) is 1. The van der Waals surface area contributed by atoms with Crippen LogP contribution >= 0.6 is 0 Å². The van der Waals surface area contributed by atoms with Gasteiger partial charge < -0.3 is 15.0 Å². The van der Waals surface area contributed by atoms with Crippen molar-refractivity contribution in [3.8, 4) is 5.88 Å². The summed E-state index contributed by atoms with van der Waals surface area (Å²) in [5, 5.41) is 3.04. The molecule has 1 fully saturated rings. The van der Waals surface area contributed by atoms with Gasteiger partial charge in [0, 0.05) is 13.1 Å². The molecule has 0 aromatic carbocycles. The van der Waals surface area contributed by atoms with Crippen LogP contribution in [-0.2, 0) is 0 Å². The van der Waals surface area contributed by atoms with Gasteiger partial charge in [-0.1, -0.05) is 0 Å². The minimum absolute atomic E-state index is 0.678. The summed E-state index contributed by atoms with van der Waals surface area (Å²) in [6.45, 7) is 3.15. The van der Waals surface area contributed by atoms with Crippen LogP contribution in [0.1, 0.15) is 12.8 Å². The molecular weight excluding hydrogens is 214 g/mol. The standard InChI is InChI=1S/C13H21N3O/c1-14-12-3-4-13(15-9-12)17-10-11-5-7-16(2)8-6-11/h3-4,9,11,14H,5-8,10H2,1-2H3. The molecule has 0 radical (unpaired) electrons. The van der Waals surface area contributed by atoms with Gasteiger partial charge in [-0.05, 0) is 45.0 Å². The molecule has 1 N–H and O–H groups in total. The van der Waals surface area contributed by atoms with Crippen LogP contribution in [0, 0.1) is 5.92 Å². The number of piperidine rings is 1.